The van der Waals surface area contributed by atoms with Crippen molar-refractivity contribution >= 4 is 0 Å². The van der Waals surface area contributed by atoms with Gasteiger partial charge in [0.2, 0.25) is 0 Å². The van der Waals surface area contributed by atoms with Gasteiger partial charge in [0.1, 0.15) is 0 Å². The van der Waals surface area contributed by atoms with Gasteiger partial charge in [-0.15, -0.1) is 0 Å². The molecule has 0 atom stereocenters. The number of aromatic amines is 1. The van der Waals surface area contributed by atoms with Gasteiger partial charge in [0.15, 0.2) is 0 Å². The second-order valence-corrected chi connectivity index (χ2v) is 3.83. The van der Waals surface area contributed by atoms with Gasteiger partial charge in [0, 0.05) is 18.3 Å². The van der Waals surface area contributed by atoms with Crippen LogP contribution in [0.1, 0.15) is 25.3 Å². The number of nitrogens with one attached hydrogen (secondary N) is 2. The fraction of sp³-hybridized carbons (Fsp3) is 0.636. The van der Waals surface area contributed by atoms with E-state index in [1.165, 1.54) is 0 Å². The lowest BCUT2D eigenvalue weighted by Gasteiger charge is -2.05. The summed E-state index contributed by atoms with van der Waals surface area (Å²) < 4.78 is 1.56. The molecular formula is C11H19N3O2. The Morgan fingerprint density at radius 2 is 2.12 bits per heavy atom. The molecule has 0 spiro atoms. The van der Waals surface area contributed by atoms with Crippen LogP contribution in [0.4, 0.5) is 0 Å². The summed E-state index contributed by atoms with van der Waals surface area (Å²) >= 11 is 0. The van der Waals surface area contributed by atoms with Crippen LogP contribution in [0.15, 0.2) is 15.8 Å². The Morgan fingerprint density at radius 1 is 1.38 bits per heavy atom. The summed E-state index contributed by atoms with van der Waals surface area (Å²) in [4.78, 5) is 24.8. The van der Waals surface area contributed by atoms with Crippen LogP contribution >= 0.6 is 0 Å². The number of unbranched alkanes of at least 4 members (excludes halogenated alkanes) is 1. The van der Waals surface area contributed by atoms with Crippen molar-refractivity contribution in [2.45, 2.75) is 33.2 Å². The molecule has 5 nitrogen and oxygen atoms in total. The van der Waals surface area contributed by atoms with E-state index in [-0.39, 0.29) is 11.2 Å². The molecule has 0 fully saturated rings. The lowest BCUT2D eigenvalue weighted by atomic mass is 10.3. The van der Waals surface area contributed by atoms with Gasteiger partial charge in [-0.2, -0.15) is 0 Å². The van der Waals surface area contributed by atoms with Crippen LogP contribution in [0, 0.1) is 6.92 Å². The summed E-state index contributed by atoms with van der Waals surface area (Å²) in [5, 5.41) is 3.22. The Hall–Kier alpha value is -1.36. The molecule has 0 amide bonds. The third-order valence-electron chi connectivity index (χ3n) is 2.44. The number of rotatable bonds is 6. The topological polar surface area (TPSA) is 66.9 Å². The standard InChI is InChI=1S/C11H19N3O2/c1-3-12-6-4-5-7-14-8-9(2)10(15)13-11(14)16/h8,12H,3-7H2,1-2H3,(H,13,15,16). The number of nitrogens with zero attached hydrogens (tertiary/aromatic N) is 1. The second kappa shape index (κ2) is 6.27. The van der Waals surface area contributed by atoms with E-state index >= 15 is 0 Å². The van der Waals surface area contributed by atoms with Crippen LogP contribution in [0.5, 0.6) is 0 Å². The quantitative estimate of drug-likeness (QED) is 0.681. The summed E-state index contributed by atoms with van der Waals surface area (Å²) in [6.07, 6.45) is 3.57. The Morgan fingerprint density at radius 3 is 2.81 bits per heavy atom. The maximum atomic E-state index is 11.4. The Balaban J connectivity index is 2.51. The first kappa shape index (κ1) is 12.7. The number of aryl methyl sites for hydroxylation is 2. The van der Waals surface area contributed by atoms with Crippen molar-refractivity contribution in [1.29, 1.82) is 0 Å². The molecule has 0 aromatic carbocycles. The van der Waals surface area contributed by atoms with Gasteiger partial charge in [-0.05, 0) is 32.9 Å². The van der Waals surface area contributed by atoms with Crippen molar-refractivity contribution < 1.29 is 0 Å². The van der Waals surface area contributed by atoms with Crippen molar-refractivity contribution in [1.82, 2.24) is 14.9 Å². The van der Waals surface area contributed by atoms with Crippen molar-refractivity contribution in [2.24, 2.45) is 0 Å². The van der Waals surface area contributed by atoms with Crippen LogP contribution in [0.2, 0.25) is 0 Å². The minimum absolute atomic E-state index is 0.297. The first-order chi connectivity index (χ1) is 7.65. The average molecular weight is 225 g/mol. The molecule has 1 aromatic heterocycles. The van der Waals surface area contributed by atoms with E-state index < -0.39 is 0 Å². The summed E-state index contributed by atoms with van der Waals surface area (Å²) in [7, 11) is 0. The highest BCUT2D eigenvalue weighted by Crippen LogP contribution is 1.92. The van der Waals surface area contributed by atoms with E-state index in [0.29, 0.717) is 12.1 Å². The zero-order valence-corrected chi connectivity index (χ0v) is 9.88. The van der Waals surface area contributed by atoms with Crippen LogP contribution < -0.4 is 16.6 Å². The Kier molecular flexibility index (Phi) is 4.98. The number of aromatic nitrogens is 2. The molecule has 0 aliphatic carbocycles. The lowest BCUT2D eigenvalue weighted by molar-refractivity contribution is 0.555. The molecular weight excluding hydrogens is 206 g/mol. The molecule has 0 aliphatic rings. The van der Waals surface area contributed by atoms with Gasteiger partial charge < -0.3 is 9.88 Å². The van der Waals surface area contributed by atoms with Gasteiger partial charge >= 0.3 is 5.69 Å². The molecule has 0 unspecified atom stereocenters. The zero-order valence-electron chi connectivity index (χ0n) is 9.88. The first-order valence-electron chi connectivity index (χ1n) is 5.66. The fourth-order valence-corrected chi connectivity index (χ4v) is 1.49. The molecule has 0 bridgehead atoms. The largest absolute Gasteiger partial charge is 0.328 e. The monoisotopic (exact) mass is 225 g/mol. The van der Waals surface area contributed by atoms with Crippen LogP contribution in [0.25, 0.3) is 0 Å². The predicted molar refractivity (Wildman–Crippen MR) is 63.8 cm³/mol. The molecule has 0 aliphatic heterocycles. The van der Waals surface area contributed by atoms with Gasteiger partial charge in [0.25, 0.3) is 5.56 Å². The normalized spacial score (nSPS) is 10.6. The van der Waals surface area contributed by atoms with Crippen molar-refractivity contribution in [3.8, 4) is 0 Å². The van der Waals surface area contributed by atoms with Crippen LogP contribution in [-0.2, 0) is 6.54 Å². The van der Waals surface area contributed by atoms with E-state index in [9.17, 15) is 9.59 Å². The third-order valence-corrected chi connectivity index (χ3v) is 2.44. The minimum Gasteiger partial charge on any atom is -0.317 e. The molecule has 0 saturated heterocycles. The highest BCUT2D eigenvalue weighted by atomic mass is 16.2. The van der Waals surface area contributed by atoms with Gasteiger partial charge in [-0.25, -0.2) is 4.79 Å². The summed E-state index contributed by atoms with van der Waals surface area (Å²) in [6.45, 7) is 6.36. The molecule has 16 heavy (non-hydrogen) atoms. The number of H-pyrrole nitrogens is 1. The Labute approximate surface area is 94.5 Å². The molecule has 1 heterocycles. The average Bonchev–Trinajstić information content (AvgIpc) is 2.25. The second-order valence-electron chi connectivity index (χ2n) is 3.83. The third kappa shape index (κ3) is 3.66. The van der Waals surface area contributed by atoms with Crippen molar-refractivity contribution in [2.75, 3.05) is 13.1 Å². The molecule has 1 aromatic rings. The summed E-state index contributed by atoms with van der Waals surface area (Å²) in [5.74, 6) is 0. The fourth-order valence-electron chi connectivity index (χ4n) is 1.49. The van der Waals surface area contributed by atoms with Gasteiger partial charge in [-0.1, -0.05) is 6.92 Å². The van der Waals surface area contributed by atoms with E-state index in [0.717, 1.165) is 25.9 Å². The summed E-state index contributed by atoms with van der Waals surface area (Å²) in [6, 6.07) is 0. The maximum Gasteiger partial charge on any atom is 0.328 e. The minimum atomic E-state index is -0.320. The first-order valence-corrected chi connectivity index (χ1v) is 5.66. The highest BCUT2D eigenvalue weighted by molar-refractivity contribution is 5.00. The van der Waals surface area contributed by atoms with E-state index in [2.05, 4.69) is 17.2 Å². The zero-order chi connectivity index (χ0) is 12.0. The van der Waals surface area contributed by atoms with Crippen molar-refractivity contribution in [3.63, 3.8) is 0 Å². The molecule has 0 saturated carbocycles. The summed E-state index contributed by atoms with van der Waals surface area (Å²) in [5.41, 5.74) is -0.0424. The predicted octanol–water partition coefficient (Wildman–Crippen LogP) is 0.235. The molecule has 90 valence electrons. The number of hydrogen-bond donors (Lipinski definition) is 2. The van der Waals surface area contributed by atoms with Gasteiger partial charge in [0.05, 0.1) is 0 Å². The lowest BCUT2D eigenvalue weighted by Crippen LogP contribution is -2.31. The van der Waals surface area contributed by atoms with Crippen molar-refractivity contribution in [3.05, 3.63) is 32.6 Å². The molecule has 2 N–H and O–H groups in total. The van der Waals surface area contributed by atoms with Crippen LogP contribution in [0.3, 0.4) is 0 Å². The molecule has 1 rings (SSSR count). The molecule has 0 radical (unpaired) electrons. The van der Waals surface area contributed by atoms with E-state index in [1.807, 2.05) is 0 Å². The van der Waals surface area contributed by atoms with E-state index in [4.69, 9.17) is 0 Å². The van der Waals surface area contributed by atoms with E-state index in [1.54, 1.807) is 17.7 Å². The number of hydrogen-bond acceptors (Lipinski definition) is 3. The Bertz CT molecular complexity index is 434. The maximum absolute atomic E-state index is 11.4. The SMILES string of the molecule is CCNCCCCn1cc(C)c(=O)[nH]c1=O. The highest BCUT2D eigenvalue weighted by Gasteiger charge is 1.99. The van der Waals surface area contributed by atoms with Gasteiger partial charge in [-0.3, -0.25) is 9.78 Å². The van der Waals surface area contributed by atoms with Crippen LogP contribution in [-0.4, -0.2) is 22.6 Å². The molecule has 5 heteroatoms. The smallest absolute Gasteiger partial charge is 0.317 e.